The summed E-state index contributed by atoms with van der Waals surface area (Å²) >= 11 is 0. The Bertz CT molecular complexity index is 863. The van der Waals surface area contributed by atoms with Crippen LogP contribution in [0.4, 0.5) is 5.69 Å². The predicted molar refractivity (Wildman–Crippen MR) is 102 cm³/mol. The van der Waals surface area contributed by atoms with Gasteiger partial charge in [-0.1, -0.05) is 19.1 Å². The molecule has 1 amide bonds. The van der Waals surface area contributed by atoms with E-state index in [-0.39, 0.29) is 22.4 Å². The Labute approximate surface area is 154 Å². The van der Waals surface area contributed by atoms with Gasteiger partial charge >= 0.3 is 0 Å². The van der Waals surface area contributed by atoms with Crippen molar-refractivity contribution >= 4 is 21.6 Å². The molecule has 0 saturated heterocycles. The van der Waals surface area contributed by atoms with Gasteiger partial charge in [-0.2, -0.15) is 0 Å². The van der Waals surface area contributed by atoms with E-state index in [1.165, 1.54) is 12.1 Å². The summed E-state index contributed by atoms with van der Waals surface area (Å²) in [4.78, 5) is 12.5. The van der Waals surface area contributed by atoms with Crippen LogP contribution in [0.3, 0.4) is 0 Å². The van der Waals surface area contributed by atoms with Gasteiger partial charge in [-0.05, 0) is 50.6 Å². The molecule has 2 aromatic carbocycles. The molecule has 0 bridgehead atoms. The first kappa shape index (κ1) is 19.9. The van der Waals surface area contributed by atoms with Gasteiger partial charge in [-0.25, -0.2) is 13.1 Å². The Balaban J connectivity index is 2.17. The second kappa shape index (κ2) is 8.82. The number of benzene rings is 2. The van der Waals surface area contributed by atoms with E-state index in [1.54, 1.807) is 44.2 Å². The predicted octanol–water partition coefficient (Wildman–Crippen LogP) is 3.41. The highest BCUT2D eigenvalue weighted by atomic mass is 32.2. The molecule has 0 atom stereocenters. The Morgan fingerprint density at radius 2 is 1.85 bits per heavy atom. The number of rotatable bonds is 8. The average molecular weight is 376 g/mol. The fourth-order valence-electron chi connectivity index (χ4n) is 2.27. The van der Waals surface area contributed by atoms with Gasteiger partial charge in [-0.15, -0.1) is 0 Å². The number of anilines is 1. The summed E-state index contributed by atoms with van der Waals surface area (Å²) in [6.45, 7) is 6.09. The fourth-order valence-corrected chi connectivity index (χ4v) is 3.57. The molecule has 0 aliphatic heterocycles. The van der Waals surface area contributed by atoms with Crippen LogP contribution < -0.4 is 14.8 Å². The molecule has 0 aliphatic rings. The monoisotopic (exact) mass is 376 g/mol. The molecule has 0 heterocycles. The summed E-state index contributed by atoms with van der Waals surface area (Å²) < 4.78 is 32.6. The van der Waals surface area contributed by atoms with Crippen LogP contribution in [0.1, 0.15) is 37.6 Å². The van der Waals surface area contributed by atoms with Crippen LogP contribution >= 0.6 is 0 Å². The van der Waals surface area contributed by atoms with Gasteiger partial charge in [0.2, 0.25) is 10.0 Å². The maximum Gasteiger partial charge on any atom is 0.255 e. The maximum atomic E-state index is 12.5. The van der Waals surface area contributed by atoms with Crippen molar-refractivity contribution in [3.63, 3.8) is 0 Å². The molecule has 140 valence electrons. The molecular weight excluding hydrogens is 352 g/mol. The van der Waals surface area contributed by atoms with E-state index in [0.717, 1.165) is 6.42 Å². The Kier molecular flexibility index (Phi) is 6.76. The first-order chi connectivity index (χ1) is 12.3. The van der Waals surface area contributed by atoms with Gasteiger partial charge < -0.3 is 10.1 Å². The molecule has 0 spiro atoms. The second-order valence-electron chi connectivity index (χ2n) is 6.13. The summed E-state index contributed by atoms with van der Waals surface area (Å²) in [5.41, 5.74) is 0.841. The van der Waals surface area contributed by atoms with Crippen LogP contribution in [-0.2, 0) is 10.0 Å². The highest BCUT2D eigenvalue weighted by molar-refractivity contribution is 7.89. The quantitative estimate of drug-likeness (QED) is 0.739. The van der Waals surface area contributed by atoms with Crippen molar-refractivity contribution in [2.24, 2.45) is 0 Å². The standard InChI is InChI=1S/C19H24N2O4S/c1-4-11-25-17-9-6-8-16(13-17)20-19(22)15-7-5-10-18(12-15)26(23,24)21-14(2)3/h5-10,12-14,21H,4,11H2,1-3H3,(H,20,22). The minimum absolute atomic E-state index is 0.0545. The minimum atomic E-state index is -3.66. The average Bonchev–Trinajstić information content (AvgIpc) is 2.59. The van der Waals surface area contributed by atoms with Crippen molar-refractivity contribution in [1.29, 1.82) is 0 Å². The third-order valence-corrected chi connectivity index (χ3v) is 5.02. The molecule has 0 radical (unpaired) electrons. The van der Waals surface area contributed by atoms with E-state index in [4.69, 9.17) is 4.74 Å². The highest BCUT2D eigenvalue weighted by Crippen LogP contribution is 2.19. The lowest BCUT2D eigenvalue weighted by Gasteiger charge is -2.11. The molecule has 2 N–H and O–H groups in total. The number of hydrogen-bond acceptors (Lipinski definition) is 4. The lowest BCUT2D eigenvalue weighted by Crippen LogP contribution is -2.30. The van der Waals surface area contributed by atoms with Gasteiger partial charge in [0.1, 0.15) is 5.75 Å². The third-order valence-electron chi connectivity index (χ3n) is 3.36. The van der Waals surface area contributed by atoms with Gasteiger partial charge in [0.05, 0.1) is 11.5 Å². The zero-order chi connectivity index (χ0) is 19.2. The summed E-state index contributed by atoms with van der Waals surface area (Å²) in [5, 5.41) is 2.76. The number of carbonyl (C=O) groups is 1. The van der Waals surface area contributed by atoms with E-state index in [2.05, 4.69) is 10.0 Å². The smallest absolute Gasteiger partial charge is 0.255 e. The molecule has 0 aliphatic carbocycles. The molecule has 0 unspecified atom stereocenters. The number of nitrogens with one attached hydrogen (secondary N) is 2. The molecule has 0 fully saturated rings. The second-order valence-corrected chi connectivity index (χ2v) is 7.85. The molecule has 7 heteroatoms. The molecule has 26 heavy (non-hydrogen) atoms. The number of hydrogen-bond donors (Lipinski definition) is 2. The Morgan fingerprint density at radius 1 is 1.12 bits per heavy atom. The van der Waals surface area contributed by atoms with Gasteiger partial charge in [-0.3, -0.25) is 4.79 Å². The van der Waals surface area contributed by atoms with Crippen molar-refractivity contribution in [2.75, 3.05) is 11.9 Å². The van der Waals surface area contributed by atoms with Crippen molar-refractivity contribution in [3.8, 4) is 5.75 Å². The molecule has 2 rings (SSSR count). The number of amides is 1. The SMILES string of the molecule is CCCOc1cccc(NC(=O)c2cccc(S(=O)(=O)NC(C)C)c2)c1. The fraction of sp³-hybridized carbons (Fsp3) is 0.316. The van der Waals surface area contributed by atoms with Crippen molar-refractivity contribution in [2.45, 2.75) is 38.1 Å². The third kappa shape index (κ3) is 5.57. The Hall–Kier alpha value is -2.38. The van der Waals surface area contributed by atoms with Crippen LogP contribution in [0.25, 0.3) is 0 Å². The highest BCUT2D eigenvalue weighted by Gasteiger charge is 2.17. The Morgan fingerprint density at radius 3 is 2.54 bits per heavy atom. The van der Waals surface area contributed by atoms with E-state index in [1.807, 2.05) is 13.0 Å². The van der Waals surface area contributed by atoms with Crippen LogP contribution in [0.5, 0.6) is 5.75 Å². The van der Waals surface area contributed by atoms with E-state index < -0.39 is 10.0 Å². The van der Waals surface area contributed by atoms with Gasteiger partial charge in [0.15, 0.2) is 0 Å². The zero-order valence-corrected chi connectivity index (χ0v) is 16.0. The van der Waals surface area contributed by atoms with Crippen molar-refractivity contribution in [1.82, 2.24) is 4.72 Å². The summed E-state index contributed by atoms with van der Waals surface area (Å²) in [6, 6.07) is 12.8. The van der Waals surface area contributed by atoms with E-state index in [0.29, 0.717) is 18.0 Å². The first-order valence-electron chi connectivity index (χ1n) is 8.48. The lowest BCUT2D eigenvalue weighted by atomic mass is 10.2. The summed E-state index contributed by atoms with van der Waals surface area (Å²) in [5.74, 6) is 0.279. The van der Waals surface area contributed by atoms with Crippen LogP contribution in [0, 0.1) is 0 Å². The molecular formula is C19H24N2O4S. The normalized spacial score (nSPS) is 11.4. The molecule has 0 aromatic heterocycles. The first-order valence-corrected chi connectivity index (χ1v) is 9.96. The van der Waals surface area contributed by atoms with E-state index in [9.17, 15) is 13.2 Å². The number of ether oxygens (including phenoxy) is 1. The van der Waals surface area contributed by atoms with Gasteiger partial charge in [0.25, 0.3) is 5.91 Å². The largest absolute Gasteiger partial charge is 0.494 e. The number of sulfonamides is 1. The molecule has 2 aromatic rings. The zero-order valence-electron chi connectivity index (χ0n) is 15.2. The van der Waals surface area contributed by atoms with Gasteiger partial charge in [0, 0.05) is 23.4 Å². The van der Waals surface area contributed by atoms with Crippen molar-refractivity contribution in [3.05, 3.63) is 54.1 Å². The molecule has 0 saturated carbocycles. The topological polar surface area (TPSA) is 84.5 Å². The molecule has 6 nitrogen and oxygen atoms in total. The summed E-state index contributed by atoms with van der Waals surface area (Å²) in [6.07, 6.45) is 0.891. The van der Waals surface area contributed by atoms with Crippen molar-refractivity contribution < 1.29 is 17.9 Å². The van der Waals surface area contributed by atoms with Crippen LogP contribution in [0.15, 0.2) is 53.4 Å². The maximum absolute atomic E-state index is 12.5. The van der Waals surface area contributed by atoms with Crippen LogP contribution in [-0.4, -0.2) is 27.0 Å². The number of carbonyl (C=O) groups excluding carboxylic acids is 1. The lowest BCUT2D eigenvalue weighted by molar-refractivity contribution is 0.102. The summed E-state index contributed by atoms with van der Waals surface area (Å²) in [7, 11) is -3.66. The van der Waals surface area contributed by atoms with E-state index >= 15 is 0 Å². The minimum Gasteiger partial charge on any atom is -0.494 e. The van der Waals surface area contributed by atoms with Crippen LogP contribution in [0.2, 0.25) is 0 Å².